The second kappa shape index (κ2) is 7.07. The maximum absolute atomic E-state index is 5.47. The number of aromatic nitrogens is 6. The molecule has 2 aliphatic rings. The van der Waals surface area contributed by atoms with Crippen LogP contribution in [0.4, 0.5) is 11.6 Å². The number of hydrogen-bond donors (Lipinski definition) is 1. The average Bonchev–Trinajstić information content (AvgIpc) is 3.24. The summed E-state index contributed by atoms with van der Waals surface area (Å²) >= 11 is 0. The van der Waals surface area contributed by atoms with Crippen molar-refractivity contribution in [2.24, 2.45) is 0 Å². The number of fused-ring (bicyclic) bond motifs is 1. The smallest absolute Gasteiger partial charge is 0.182 e. The first-order valence-corrected chi connectivity index (χ1v) is 9.42. The molecule has 2 fully saturated rings. The van der Waals surface area contributed by atoms with Crippen LogP contribution in [0.5, 0.6) is 0 Å². The lowest BCUT2D eigenvalue weighted by Gasteiger charge is -2.36. The van der Waals surface area contributed by atoms with Crippen molar-refractivity contribution in [3.05, 3.63) is 30.7 Å². The molecule has 0 aromatic carbocycles. The van der Waals surface area contributed by atoms with E-state index < -0.39 is 0 Å². The lowest BCUT2D eigenvalue weighted by molar-refractivity contribution is 0.0845. The van der Waals surface area contributed by atoms with Gasteiger partial charge in [-0.2, -0.15) is 0 Å². The van der Waals surface area contributed by atoms with E-state index in [2.05, 4.69) is 45.8 Å². The maximum Gasteiger partial charge on any atom is 0.182 e. The highest BCUT2D eigenvalue weighted by atomic mass is 16.5. The van der Waals surface area contributed by atoms with Crippen LogP contribution in [0, 0.1) is 0 Å². The predicted molar refractivity (Wildman–Crippen MR) is 101 cm³/mol. The molecule has 3 aromatic rings. The molecule has 0 saturated carbocycles. The van der Waals surface area contributed by atoms with Crippen molar-refractivity contribution in [2.45, 2.75) is 18.8 Å². The fourth-order valence-corrected chi connectivity index (χ4v) is 3.89. The van der Waals surface area contributed by atoms with Crippen molar-refractivity contribution >= 4 is 22.8 Å². The molecule has 1 N–H and O–H groups in total. The van der Waals surface area contributed by atoms with Crippen LogP contribution >= 0.6 is 0 Å². The van der Waals surface area contributed by atoms with Crippen molar-refractivity contribution < 1.29 is 4.74 Å². The minimum atomic E-state index is 0.483. The summed E-state index contributed by atoms with van der Waals surface area (Å²) in [6, 6.07) is 2.16. The molecular formula is C18H22N8O. The zero-order valence-corrected chi connectivity index (χ0v) is 15.1. The van der Waals surface area contributed by atoms with E-state index in [4.69, 9.17) is 4.74 Å². The first-order valence-electron chi connectivity index (χ1n) is 9.42. The monoisotopic (exact) mass is 366 g/mol. The van der Waals surface area contributed by atoms with E-state index in [1.165, 1.54) is 0 Å². The van der Waals surface area contributed by atoms with Gasteiger partial charge in [0, 0.05) is 57.1 Å². The highest BCUT2D eigenvalue weighted by molar-refractivity contribution is 5.82. The van der Waals surface area contributed by atoms with E-state index in [9.17, 15) is 0 Å². The summed E-state index contributed by atoms with van der Waals surface area (Å²) in [5, 5.41) is 0. The summed E-state index contributed by atoms with van der Waals surface area (Å²) < 4.78 is 5.47. The van der Waals surface area contributed by atoms with E-state index in [0.29, 0.717) is 11.6 Å². The zero-order chi connectivity index (χ0) is 18.1. The van der Waals surface area contributed by atoms with Crippen LogP contribution in [-0.4, -0.2) is 69.3 Å². The largest absolute Gasteiger partial charge is 0.381 e. The van der Waals surface area contributed by atoms with Gasteiger partial charge in [0.15, 0.2) is 11.5 Å². The molecule has 9 nitrogen and oxygen atoms in total. The molecule has 3 aromatic heterocycles. The van der Waals surface area contributed by atoms with Gasteiger partial charge in [-0.25, -0.2) is 24.9 Å². The molecule has 0 atom stereocenters. The zero-order valence-electron chi connectivity index (χ0n) is 15.1. The number of ether oxygens (including phenoxy) is 1. The van der Waals surface area contributed by atoms with Gasteiger partial charge in [-0.1, -0.05) is 0 Å². The molecule has 2 saturated heterocycles. The Morgan fingerprint density at radius 2 is 1.67 bits per heavy atom. The second-order valence-electron chi connectivity index (χ2n) is 6.96. The second-order valence-corrected chi connectivity index (χ2v) is 6.96. The van der Waals surface area contributed by atoms with Crippen molar-refractivity contribution in [1.82, 2.24) is 29.9 Å². The summed E-state index contributed by atoms with van der Waals surface area (Å²) in [7, 11) is 0. The van der Waals surface area contributed by atoms with Gasteiger partial charge in [0.05, 0.1) is 6.33 Å². The van der Waals surface area contributed by atoms with Crippen LogP contribution in [-0.2, 0) is 4.74 Å². The van der Waals surface area contributed by atoms with E-state index >= 15 is 0 Å². The highest BCUT2D eigenvalue weighted by Crippen LogP contribution is 2.28. The number of piperazine rings is 1. The molecule has 9 heteroatoms. The van der Waals surface area contributed by atoms with E-state index in [1.807, 2.05) is 0 Å². The molecule has 0 radical (unpaired) electrons. The average molecular weight is 366 g/mol. The van der Waals surface area contributed by atoms with Gasteiger partial charge in [-0.15, -0.1) is 0 Å². The molecule has 5 heterocycles. The fourth-order valence-electron chi connectivity index (χ4n) is 3.89. The van der Waals surface area contributed by atoms with Crippen molar-refractivity contribution in [3.8, 4) is 0 Å². The van der Waals surface area contributed by atoms with Gasteiger partial charge in [-0.3, -0.25) is 0 Å². The number of rotatable bonds is 3. The Hall–Kier alpha value is -2.81. The van der Waals surface area contributed by atoms with Crippen molar-refractivity contribution in [1.29, 1.82) is 0 Å². The molecule has 0 amide bonds. The number of aromatic amines is 1. The van der Waals surface area contributed by atoms with Gasteiger partial charge in [0.1, 0.15) is 24.0 Å². The minimum Gasteiger partial charge on any atom is -0.381 e. The van der Waals surface area contributed by atoms with E-state index in [0.717, 1.165) is 75.1 Å². The van der Waals surface area contributed by atoms with Crippen LogP contribution < -0.4 is 9.80 Å². The molecule has 0 aliphatic carbocycles. The van der Waals surface area contributed by atoms with Crippen LogP contribution in [0.1, 0.15) is 24.5 Å². The Bertz CT molecular complexity index is 914. The van der Waals surface area contributed by atoms with Gasteiger partial charge >= 0.3 is 0 Å². The Balaban J connectivity index is 1.30. The number of H-pyrrole nitrogens is 1. The lowest BCUT2D eigenvalue weighted by Crippen LogP contribution is -2.47. The molecule has 0 spiro atoms. The third-order valence-corrected chi connectivity index (χ3v) is 5.42. The minimum absolute atomic E-state index is 0.483. The Morgan fingerprint density at radius 3 is 2.52 bits per heavy atom. The van der Waals surface area contributed by atoms with Crippen molar-refractivity contribution in [3.63, 3.8) is 0 Å². The number of imidazole rings is 1. The molecule has 5 rings (SSSR count). The first-order chi connectivity index (χ1) is 13.4. The normalized spacial score (nSPS) is 19.0. The Labute approximate surface area is 156 Å². The van der Waals surface area contributed by atoms with Crippen LogP contribution in [0.25, 0.3) is 11.2 Å². The van der Waals surface area contributed by atoms with Gasteiger partial charge in [0.25, 0.3) is 0 Å². The van der Waals surface area contributed by atoms with Gasteiger partial charge < -0.3 is 19.5 Å². The van der Waals surface area contributed by atoms with Crippen LogP contribution in [0.3, 0.4) is 0 Å². The van der Waals surface area contributed by atoms with Gasteiger partial charge in [0.2, 0.25) is 0 Å². The summed E-state index contributed by atoms with van der Waals surface area (Å²) in [4.78, 5) is 29.7. The number of hydrogen-bond acceptors (Lipinski definition) is 8. The van der Waals surface area contributed by atoms with Gasteiger partial charge in [-0.05, 0) is 12.8 Å². The van der Waals surface area contributed by atoms with E-state index in [1.54, 1.807) is 19.0 Å². The number of anilines is 2. The molecule has 0 bridgehead atoms. The number of nitrogens with one attached hydrogen (secondary N) is 1. The molecule has 2 aliphatic heterocycles. The maximum atomic E-state index is 5.47. The third-order valence-electron chi connectivity index (χ3n) is 5.42. The Morgan fingerprint density at radius 1 is 0.889 bits per heavy atom. The molecule has 27 heavy (non-hydrogen) atoms. The lowest BCUT2D eigenvalue weighted by atomic mass is 9.96. The Kier molecular flexibility index (Phi) is 4.29. The predicted octanol–water partition coefficient (Wildman–Crippen LogP) is 1.36. The topological polar surface area (TPSA) is 96.0 Å². The standard InChI is InChI=1S/C18H22N8O/c1-7-27-8-2-13(1)14-9-15(20-10-19-14)25-3-5-26(6-4-25)18-16-17(22-11-21-16)23-12-24-18/h9-13H,1-8H2,(H,21,22,23,24). The quantitative estimate of drug-likeness (QED) is 0.742. The fraction of sp³-hybridized carbons (Fsp3) is 0.500. The summed E-state index contributed by atoms with van der Waals surface area (Å²) in [6.45, 7) is 5.19. The van der Waals surface area contributed by atoms with Crippen LogP contribution in [0.15, 0.2) is 25.0 Å². The SMILES string of the molecule is c1nc(C2CCOCC2)cc(N2CCN(c3ncnc4nc[nH]c34)CC2)n1. The molecule has 0 unspecified atom stereocenters. The molecular weight excluding hydrogens is 344 g/mol. The van der Waals surface area contributed by atoms with E-state index in [-0.39, 0.29) is 0 Å². The summed E-state index contributed by atoms with van der Waals surface area (Å²) in [5.41, 5.74) is 2.75. The van der Waals surface area contributed by atoms with Crippen molar-refractivity contribution in [2.75, 3.05) is 49.2 Å². The summed E-state index contributed by atoms with van der Waals surface area (Å²) in [5.74, 6) is 2.42. The highest BCUT2D eigenvalue weighted by Gasteiger charge is 2.23. The first kappa shape index (κ1) is 16.4. The molecule has 140 valence electrons. The summed E-state index contributed by atoms with van der Waals surface area (Å²) in [6.07, 6.45) is 7.02. The third kappa shape index (κ3) is 3.18. The number of nitrogens with zero attached hydrogens (tertiary/aromatic N) is 7. The van der Waals surface area contributed by atoms with Crippen LogP contribution in [0.2, 0.25) is 0 Å².